The highest BCUT2D eigenvalue weighted by atomic mass is 32.2. The molecule has 6 nitrogen and oxygen atoms in total. The van der Waals surface area contributed by atoms with Crippen LogP contribution in [0.25, 0.3) is 0 Å². The molecule has 0 aliphatic carbocycles. The Labute approximate surface area is 110 Å². The predicted molar refractivity (Wildman–Crippen MR) is 71.7 cm³/mol. The van der Waals surface area contributed by atoms with Crippen molar-refractivity contribution in [3.05, 3.63) is 6.07 Å². The zero-order valence-electron chi connectivity index (χ0n) is 10.3. The lowest BCUT2D eigenvalue weighted by Crippen LogP contribution is -2.42. The van der Waals surface area contributed by atoms with Crippen molar-refractivity contribution in [3.63, 3.8) is 0 Å². The van der Waals surface area contributed by atoms with Crippen LogP contribution in [0.2, 0.25) is 0 Å². The number of hydrogen-bond acceptors (Lipinski definition) is 7. The van der Waals surface area contributed by atoms with Crippen LogP contribution in [0.5, 0.6) is 0 Å². The minimum absolute atomic E-state index is 0.427. The van der Waals surface area contributed by atoms with Gasteiger partial charge in [-0.1, -0.05) is 11.8 Å². The van der Waals surface area contributed by atoms with Crippen LogP contribution >= 0.6 is 11.8 Å². The van der Waals surface area contributed by atoms with Gasteiger partial charge in [-0.2, -0.15) is 0 Å². The van der Waals surface area contributed by atoms with Gasteiger partial charge in [-0.25, -0.2) is 9.97 Å². The smallest absolute Gasteiger partial charge is 0.191 e. The molecule has 100 valence electrons. The van der Waals surface area contributed by atoms with Crippen molar-refractivity contribution in [2.45, 2.75) is 23.6 Å². The van der Waals surface area contributed by atoms with Crippen molar-refractivity contribution in [1.29, 1.82) is 0 Å². The minimum Gasteiger partial charge on any atom is -0.388 e. The van der Waals surface area contributed by atoms with E-state index in [1.807, 2.05) is 6.26 Å². The largest absolute Gasteiger partial charge is 0.388 e. The van der Waals surface area contributed by atoms with Gasteiger partial charge in [0.1, 0.15) is 11.6 Å². The molecule has 1 fully saturated rings. The maximum absolute atomic E-state index is 10.3. The number of thioether (sulfide) groups is 1. The average molecular weight is 270 g/mol. The molecule has 4 N–H and O–H groups in total. The summed E-state index contributed by atoms with van der Waals surface area (Å²) in [5.41, 5.74) is 4.97. The van der Waals surface area contributed by atoms with Gasteiger partial charge in [-0.05, 0) is 6.26 Å². The van der Waals surface area contributed by atoms with Crippen molar-refractivity contribution in [1.82, 2.24) is 9.97 Å². The molecule has 1 aromatic rings. The Morgan fingerprint density at radius 1 is 1.50 bits per heavy atom. The van der Waals surface area contributed by atoms with E-state index >= 15 is 0 Å². The molecule has 1 aliphatic rings. The van der Waals surface area contributed by atoms with E-state index < -0.39 is 5.60 Å². The third kappa shape index (κ3) is 3.47. The SMILES string of the molecule is CSc1nc(N)cc(NCC2(O)CCOCC2)n1. The van der Waals surface area contributed by atoms with E-state index in [4.69, 9.17) is 10.5 Å². The van der Waals surface area contributed by atoms with Crippen molar-refractivity contribution < 1.29 is 9.84 Å². The van der Waals surface area contributed by atoms with Gasteiger partial charge in [0.2, 0.25) is 0 Å². The molecule has 1 aromatic heterocycles. The van der Waals surface area contributed by atoms with Crippen molar-refractivity contribution in [3.8, 4) is 0 Å². The van der Waals surface area contributed by atoms with E-state index in [1.54, 1.807) is 6.07 Å². The van der Waals surface area contributed by atoms with Gasteiger partial charge in [0, 0.05) is 38.7 Å². The molecule has 0 spiro atoms. The number of aromatic nitrogens is 2. The molecule has 2 heterocycles. The van der Waals surface area contributed by atoms with E-state index in [1.165, 1.54) is 11.8 Å². The van der Waals surface area contributed by atoms with Gasteiger partial charge >= 0.3 is 0 Å². The summed E-state index contributed by atoms with van der Waals surface area (Å²) in [4.78, 5) is 8.36. The Kier molecular flexibility index (Phi) is 4.26. The third-order valence-corrected chi connectivity index (χ3v) is 3.48. The molecule has 0 radical (unpaired) electrons. The first kappa shape index (κ1) is 13.4. The minimum atomic E-state index is -0.725. The lowest BCUT2D eigenvalue weighted by atomic mass is 9.94. The molecule has 18 heavy (non-hydrogen) atoms. The van der Waals surface area contributed by atoms with E-state index in [9.17, 15) is 5.11 Å². The molecule has 0 saturated carbocycles. The normalized spacial score (nSPS) is 18.6. The van der Waals surface area contributed by atoms with Crippen LogP contribution in [0.3, 0.4) is 0 Å². The number of ether oxygens (including phenoxy) is 1. The summed E-state index contributed by atoms with van der Waals surface area (Å²) in [6.45, 7) is 1.64. The number of nitrogens with one attached hydrogen (secondary N) is 1. The standard InChI is InChI=1S/C11H18N4O2S/c1-18-10-14-8(12)6-9(15-10)13-7-11(16)2-4-17-5-3-11/h6,16H,2-5,7H2,1H3,(H3,12,13,14,15). The average Bonchev–Trinajstić information content (AvgIpc) is 2.37. The molecule has 0 aromatic carbocycles. The third-order valence-electron chi connectivity index (χ3n) is 2.93. The molecule has 1 aliphatic heterocycles. The maximum Gasteiger partial charge on any atom is 0.191 e. The lowest BCUT2D eigenvalue weighted by Gasteiger charge is -2.32. The number of nitrogens with zero attached hydrogens (tertiary/aromatic N) is 2. The molecule has 0 bridgehead atoms. The van der Waals surface area contributed by atoms with Gasteiger partial charge in [-0.15, -0.1) is 0 Å². The fourth-order valence-corrected chi connectivity index (χ4v) is 2.19. The second-order valence-corrected chi connectivity index (χ2v) is 5.13. The highest BCUT2D eigenvalue weighted by molar-refractivity contribution is 7.98. The summed E-state index contributed by atoms with van der Waals surface area (Å²) in [5.74, 6) is 1.07. The van der Waals surface area contributed by atoms with Crippen LogP contribution in [-0.4, -0.2) is 46.7 Å². The summed E-state index contributed by atoms with van der Waals surface area (Å²) in [5, 5.41) is 14.0. The first-order valence-corrected chi connectivity index (χ1v) is 7.06. The lowest BCUT2D eigenvalue weighted by molar-refractivity contribution is -0.0543. The quantitative estimate of drug-likeness (QED) is 0.548. The Balaban J connectivity index is 1.98. The van der Waals surface area contributed by atoms with Crippen LogP contribution in [0, 0.1) is 0 Å². The molecular weight excluding hydrogens is 252 g/mol. The number of nitrogens with two attached hydrogens (primary N) is 1. The number of nitrogen functional groups attached to an aromatic ring is 1. The monoisotopic (exact) mass is 270 g/mol. The number of aliphatic hydroxyl groups is 1. The summed E-state index contributed by atoms with van der Waals surface area (Å²) in [7, 11) is 0. The summed E-state index contributed by atoms with van der Waals surface area (Å²) < 4.78 is 5.24. The highest BCUT2D eigenvalue weighted by Crippen LogP contribution is 2.22. The molecule has 0 atom stereocenters. The molecule has 0 unspecified atom stereocenters. The van der Waals surface area contributed by atoms with Gasteiger partial charge in [0.25, 0.3) is 0 Å². The van der Waals surface area contributed by atoms with Gasteiger partial charge < -0.3 is 20.9 Å². The van der Waals surface area contributed by atoms with Crippen LogP contribution in [0.4, 0.5) is 11.6 Å². The van der Waals surface area contributed by atoms with Crippen LogP contribution in [0.15, 0.2) is 11.2 Å². The fourth-order valence-electron chi connectivity index (χ4n) is 1.81. The zero-order valence-corrected chi connectivity index (χ0v) is 11.2. The second kappa shape index (κ2) is 5.73. The van der Waals surface area contributed by atoms with Crippen molar-refractivity contribution in [2.24, 2.45) is 0 Å². The van der Waals surface area contributed by atoms with Gasteiger partial charge in [0.15, 0.2) is 5.16 Å². The molecule has 1 saturated heterocycles. The summed E-state index contributed by atoms with van der Waals surface area (Å²) >= 11 is 1.43. The Hall–Kier alpha value is -1.05. The second-order valence-electron chi connectivity index (χ2n) is 4.36. The fraction of sp³-hybridized carbons (Fsp3) is 0.636. The van der Waals surface area contributed by atoms with E-state index in [0.29, 0.717) is 49.4 Å². The topological polar surface area (TPSA) is 93.3 Å². The Morgan fingerprint density at radius 3 is 2.89 bits per heavy atom. The van der Waals surface area contributed by atoms with Gasteiger partial charge in [-0.3, -0.25) is 0 Å². The first-order chi connectivity index (χ1) is 8.61. The molecule has 2 rings (SSSR count). The number of anilines is 2. The van der Waals surface area contributed by atoms with E-state index in [-0.39, 0.29) is 0 Å². The van der Waals surface area contributed by atoms with Crippen molar-refractivity contribution in [2.75, 3.05) is 37.1 Å². The highest BCUT2D eigenvalue weighted by Gasteiger charge is 2.29. The van der Waals surface area contributed by atoms with Crippen LogP contribution in [-0.2, 0) is 4.74 Å². The summed E-state index contributed by atoms with van der Waals surface area (Å²) in [6.07, 6.45) is 3.16. The molecular formula is C11H18N4O2S. The Bertz CT molecular complexity index is 410. The number of hydrogen-bond donors (Lipinski definition) is 3. The zero-order chi connectivity index (χ0) is 13.0. The van der Waals surface area contributed by atoms with E-state index in [2.05, 4.69) is 15.3 Å². The number of rotatable bonds is 4. The first-order valence-electron chi connectivity index (χ1n) is 5.84. The Morgan fingerprint density at radius 2 is 2.22 bits per heavy atom. The van der Waals surface area contributed by atoms with Gasteiger partial charge in [0.05, 0.1) is 5.60 Å². The maximum atomic E-state index is 10.3. The summed E-state index contributed by atoms with van der Waals surface area (Å²) in [6, 6.07) is 1.67. The van der Waals surface area contributed by atoms with Crippen LogP contribution < -0.4 is 11.1 Å². The van der Waals surface area contributed by atoms with Crippen molar-refractivity contribution >= 4 is 23.4 Å². The molecule has 0 amide bonds. The predicted octanol–water partition coefficient (Wildman–Crippen LogP) is 0.734. The van der Waals surface area contributed by atoms with E-state index in [0.717, 1.165) is 0 Å². The molecule has 7 heteroatoms. The van der Waals surface area contributed by atoms with Crippen LogP contribution in [0.1, 0.15) is 12.8 Å².